The van der Waals surface area contributed by atoms with E-state index in [1.54, 1.807) is 0 Å². The molecule has 1 aliphatic rings. The van der Waals surface area contributed by atoms with Crippen molar-refractivity contribution in [2.24, 2.45) is 0 Å². The standard InChI is InChI=1S/C15H21Cl2NS/c1-3-19-13-6-5-12(9-13)18-10(2)14-7-4-11(16)8-15(14)17/h4,7-8,10,12-13,18H,3,5-6,9H2,1-2H3. The van der Waals surface area contributed by atoms with Gasteiger partial charge in [-0.15, -0.1) is 0 Å². The Bertz CT molecular complexity index is 425. The zero-order valence-electron chi connectivity index (χ0n) is 11.5. The van der Waals surface area contributed by atoms with E-state index in [1.807, 2.05) is 18.2 Å². The lowest BCUT2D eigenvalue weighted by Crippen LogP contribution is -2.29. The normalized spacial score (nSPS) is 24.6. The summed E-state index contributed by atoms with van der Waals surface area (Å²) in [5.41, 5.74) is 1.14. The SMILES string of the molecule is CCSC1CCC(NC(C)c2ccc(Cl)cc2Cl)C1. The minimum atomic E-state index is 0.278. The van der Waals surface area contributed by atoms with Gasteiger partial charge in [0.2, 0.25) is 0 Å². The molecule has 0 spiro atoms. The van der Waals surface area contributed by atoms with Crippen LogP contribution in [0.2, 0.25) is 10.0 Å². The van der Waals surface area contributed by atoms with Gasteiger partial charge in [0.15, 0.2) is 0 Å². The quantitative estimate of drug-likeness (QED) is 0.789. The molecule has 1 aromatic rings. The Balaban J connectivity index is 1.92. The molecule has 1 N–H and O–H groups in total. The van der Waals surface area contributed by atoms with Gasteiger partial charge >= 0.3 is 0 Å². The first-order valence-electron chi connectivity index (χ1n) is 6.92. The molecule has 0 saturated heterocycles. The zero-order chi connectivity index (χ0) is 13.8. The van der Waals surface area contributed by atoms with E-state index in [2.05, 4.69) is 30.9 Å². The molecule has 0 bridgehead atoms. The van der Waals surface area contributed by atoms with Crippen LogP contribution in [-0.4, -0.2) is 17.0 Å². The Morgan fingerprint density at radius 1 is 1.37 bits per heavy atom. The molecule has 0 radical (unpaired) electrons. The molecule has 0 heterocycles. The van der Waals surface area contributed by atoms with Crippen LogP contribution in [-0.2, 0) is 0 Å². The summed E-state index contributed by atoms with van der Waals surface area (Å²) in [6, 6.07) is 6.65. The van der Waals surface area contributed by atoms with Crippen LogP contribution in [0, 0.1) is 0 Å². The van der Waals surface area contributed by atoms with Crippen LogP contribution in [0.25, 0.3) is 0 Å². The summed E-state index contributed by atoms with van der Waals surface area (Å²) in [6.45, 7) is 4.41. The van der Waals surface area contributed by atoms with Gasteiger partial charge in [-0.3, -0.25) is 0 Å². The maximum absolute atomic E-state index is 6.26. The lowest BCUT2D eigenvalue weighted by molar-refractivity contribution is 0.462. The molecule has 106 valence electrons. The maximum atomic E-state index is 6.26. The molecule has 2 rings (SSSR count). The second kappa shape index (κ2) is 7.21. The van der Waals surface area contributed by atoms with Crippen molar-refractivity contribution < 1.29 is 0 Å². The van der Waals surface area contributed by atoms with Crippen molar-refractivity contribution in [2.75, 3.05) is 5.75 Å². The van der Waals surface area contributed by atoms with Gasteiger partial charge in [-0.1, -0.05) is 36.2 Å². The second-order valence-corrected chi connectivity index (χ2v) is 7.56. The minimum absolute atomic E-state index is 0.278. The van der Waals surface area contributed by atoms with Crippen molar-refractivity contribution in [3.8, 4) is 0 Å². The van der Waals surface area contributed by atoms with Crippen LogP contribution in [0.4, 0.5) is 0 Å². The van der Waals surface area contributed by atoms with Crippen molar-refractivity contribution >= 4 is 35.0 Å². The third-order valence-electron chi connectivity index (χ3n) is 3.70. The van der Waals surface area contributed by atoms with Gasteiger partial charge in [-0.05, 0) is 49.6 Å². The largest absolute Gasteiger partial charge is 0.307 e. The predicted octanol–water partition coefficient (Wildman–Crippen LogP) is 5.32. The predicted molar refractivity (Wildman–Crippen MR) is 87.6 cm³/mol. The first kappa shape index (κ1) is 15.5. The summed E-state index contributed by atoms with van der Waals surface area (Å²) in [6.07, 6.45) is 3.87. The van der Waals surface area contributed by atoms with Crippen molar-refractivity contribution in [3.63, 3.8) is 0 Å². The Labute approximate surface area is 130 Å². The number of hydrogen-bond acceptors (Lipinski definition) is 2. The molecule has 4 heteroatoms. The maximum Gasteiger partial charge on any atom is 0.0468 e. The highest BCUT2D eigenvalue weighted by Crippen LogP contribution is 2.32. The molecule has 19 heavy (non-hydrogen) atoms. The molecule has 0 amide bonds. The molecule has 1 aliphatic carbocycles. The summed E-state index contributed by atoms with van der Waals surface area (Å²) in [5.74, 6) is 1.22. The number of hydrogen-bond donors (Lipinski definition) is 1. The number of thioether (sulfide) groups is 1. The molecule has 0 aliphatic heterocycles. The molecule has 1 saturated carbocycles. The van der Waals surface area contributed by atoms with Gasteiger partial charge < -0.3 is 5.32 Å². The highest BCUT2D eigenvalue weighted by Gasteiger charge is 2.26. The fourth-order valence-electron chi connectivity index (χ4n) is 2.77. The summed E-state index contributed by atoms with van der Waals surface area (Å²) in [5, 5.41) is 5.98. The van der Waals surface area contributed by atoms with Gasteiger partial charge in [-0.25, -0.2) is 0 Å². The first-order chi connectivity index (χ1) is 9.10. The van der Waals surface area contributed by atoms with Gasteiger partial charge in [0.05, 0.1) is 0 Å². The number of halogens is 2. The zero-order valence-corrected chi connectivity index (χ0v) is 13.8. The lowest BCUT2D eigenvalue weighted by atomic mass is 10.1. The van der Waals surface area contributed by atoms with Crippen LogP contribution in [0.1, 0.15) is 44.7 Å². The van der Waals surface area contributed by atoms with E-state index in [1.165, 1.54) is 25.0 Å². The first-order valence-corrected chi connectivity index (χ1v) is 8.73. The van der Waals surface area contributed by atoms with Crippen LogP contribution in [0.5, 0.6) is 0 Å². The summed E-state index contributed by atoms with van der Waals surface area (Å²) >= 11 is 14.3. The van der Waals surface area contributed by atoms with Crippen LogP contribution < -0.4 is 5.32 Å². The summed E-state index contributed by atoms with van der Waals surface area (Å²) < 4.78 is 0. The highest BCUT2D eigenvalue weighted by molar-refractivity contribution is 7.99. The Morgan fingerprint density at radius 3 is 2.84 bits per heavy atom. The van der Waals surface area contributed by atoms with Gasteiger partial charge in [0.25, 0.3) is 0 Å². The van der Waals surface area contributed by atoms with E-state index in [9.17, 15) is 0 Å². The van der Waals surface area contributed by atoms with Gasteiger partial charge in [0.1, 0.15) is 0 Å². The van der Waals surface area contributed by atoms with Crippen LogP contribution in [0.3, 0.4) is 0 Å². The summed E-state index contributed by atoms with van der Waals surface area (Å²) in [4.78, 5) is 0. The van der Waals surface area contributed by atoms with Gasteiger partial charge in [0, 0.05) is 27.4 Å². The van der Waals surface area contributed by atoms with Crippen molar-refractivity contribution in [1.29, 1.82) is 0 Å². The Kier molecular flexibility index (Phi) is 5.88. The molecule has 0 aromatic heterocycles. The van der Waals surface area contributed by atoms with Crippen LogP contribution in [0.15, 0.2) is 18.2 Å². The smallest absolute Gasteiger partial charge is 0.0468 e. The van der Waals surface area contributed by atoms with E-state index in [4.69, 9.17) is 23.2 Å². The molecule has 3 atom stereocenters. The molecule has 1 nitrogen and oxygen atoms in total. The monoisotopic (exact) mass is 317 g/mol. The van der Waals surface area contributed by atoms with Crippen molar-refractivity contribution in [1.82, 2.24) is 5.32 Å². The van der Waals surface area contributed by atoms with E-state index in [0.29, 0.717) is 11.1 Å². The third-order valence-corrected chi connectivity index (χ3v) is 5.50. The lowest BCUT2D eigenvalue weighted by Gasteiger charge is -2.21. The molecule has 1 fully saturated rings. The number of rotatable bonds is 5. The van der Waals surface area contributed by atoms with Crippen LogP contribution >= 0.6 is 35.0 Å². The fourth-order valence-corrected chi connectivity index (χ4v) is 4.49. The molecule has 3 unspecified atom stereocenters. The summed E-state index contributed by atoms with van der Waals surface area (Å²) in [7, 11) is 0. The Hall–Kier alpha value is 0.110. The molecular formula is C15H21Cl2NS. The fraction of sp³-hybridized carbons (Fsp3) is 0.600. The molecule has 1 aromatic carbocycles. The van der Waals surface area contributed by atoms with E-state index in [0.717, 1.165) is 15.8 Å². The van der Waals surface area contributed by atoms with E-state index < -0.39 is 0 Å². The van der Waals surface area contributed by atoms with Crippen molar-refractivity contribution in [2.45, 2.75) is 50.4 Å². The minimum Gasteiger partial charge on any atom is -0.307 e. The third kappa shape index (κ3) is 4.29. The average molecular weight is 318 g/mol. The van der Waals surface area contributed by atoms with E-state index >= 15 is 0 Å². The van der Waals surface area contributed by atoms with Crippen molar-refractivity contribution in [3.05, 3.63) is 33.8 Å². The average Bonchev–Trinajstić information content (AvgIpc) is 2.76. The highest BCUT2D eigenvalue weighted by atomic mass is 35.5. The van der Waals surface area contributed by atoms with Gasteiger partial charge in [-0.2, -0.15) is 11.8 Å². The topological polar surface area (TPSA) is 12.0 Å². The second-order valence-electron chi connectivity index (χ2n) is 5.14. The number of benzene rings is 1. The van der Waals surface area contributed by atoms with E-state index in [-0.39, 0.29) is 6.04 Å². The number of nitrogens with one attached hydrogen (secondary N) is 1. The molecular weight excluding hydrogens is 297 g/mol. The Morgan fingerprint density at radius 2 is 2.16 bits per heavy atom.